The summed E-state index contributed by atoms with van der Waals surface area (Å²) in [5.41, 5.74) is 2.86. The minimum atomic E-state index is -0.482. The van der Waals surface area contributed by atoms with Crippen molar-refractivity contribution in [1.29, 1.82) is 0 Å². The molecule has 0 bridgehead atoms. The van der Waals surface area contributed by atoms with Crippen molar-refractivity contribution in [1.82, 2.24) is 25.3 Å². The first-order chi connectivity index (χ1) is 15.5. The molecule has 1 aromatic carbocycles. The number of fused-ring (bicyclic) bond motifs is 1. The van der Waals surface area contributed by atoms with Gasteiger partial charge in [-0.05, 0) is 64.0 Å². The maximum Gasteiger partial charge on any atom is 0.268 e. The minimum absolute atomic E-state index is 0.0477. The van der Waals surface area contributed by atoms with Gasteiger partial charge in [0.1, 0.15) is 5.82 Å². The molecule has 7 nitrogen and oxygen atoms in total. The molecule has 168 valence electrons. The van der Waals surface area contributed by atoms with Gasteiger partial charge < -0.3 is 14.2 Å². The lowest BCUT2D eigenvalue weighted by Gasteiger charge is -2.31. The van der Waals surface area contributed by atoms with Crippen LogP contribution in [-0.2, 0) is 13.0 Å². The van der Waals surface area contributed by atoms with Crippen LogP contribution in [0.3, 0.4) is 0 Å². The Bertz CT molecular complexity index is 1130. The van der Waals surface area contributed by atoms with Gasteiger partial charge >= 0.3 is 0 Å². The Balaban J connectivity index is 1.42. The molecule has 0 N–H and O–H groups in total. The molecule has 4 heterocycles. The maximum absolute atomic E-state index is 14.0. The van der Waals surface area contributed by atoms with Crippen molar-refractivity contribution in [2.24, 2.45) is 0 Å². The summed E-state index contributed by atoms with van der Waals surface area (Å²) in [6, 6.07) is 4.72. The van der Waals surface area contributed by atoms with Gasteiger partial charge in [0.15, 0.2) is 5.69 Å². The first-order valence-electron chi connectivity index (χ1n) is 10.8. The molecule has 1 fully saturated rings. The highest BCUT2D eigenvalue weighted by Gasteiger charge is 2.26. The van der Waals surface area contributed by atoms with Gasteiger partial charge in [0.05, 0.1) is 16.4 Å². The molecule has 0 atom stereocenters. The predicted octanol–water partition coefficient (Wildman–Crippen LogP) is 4.73. The van der Waals surface area contributed by atoms with E-state index in [1.54, 1.807) is 0 Å². The molecule has 2 aromatic heterocycles. The Hall–Kier alpha value is -2.29. The maximum atomic E-state index is 14.0. The van der Waals surface area contributed by atoms with Crippen LogP contribution < -0.4 is 4.90 Å². The van der Waals surface area contributed by atoms with Gasteiger partial charge in [-0.1, -0.05) is 23.2 Å². The number of aryl methyl sites for hydroxylation is 1. The fourth-order valence-corrected chi connectivity index (χ4v) is 4.84. The van der Waals surface area contributed by atoms with Crippen molar-refractivity contribution >= 4 is 28.9 Å². The van der Waals surface area contributed by atoms with Crippen LogP contribution in [0.4, 0.5) is 10.1 Å². The summed E-state index contributed by atoms with van der Waals surface area (Å²) >= 11 is 12.5. The monoisotopic (exact) mass is 476 g/mol. The third-order valence-corrected chi connectivity index (χ3v) is 7.01. The number of hydrogen-bond acceptors (Lipinski definition) is 7. The number of piperidine rings is 1. The third kappa shape index (κ3) is 4.19. The average Bonchev–Trinajstić information content (AvgIpc) is 3.30. The Labute approximate surface area is 195 Å². The number of hydrogen-bond donors (Lipinski definition) is 0. The smallest absolute Gasteiger partial charge is 0.268 e. The van der Waals surface area contributed by atoms with E-state index in [1.165, 1.54) is 12.1 Å². The standard InChI is InChI=1S/C22H23Cl2FN6O/c1-30-9-6-13(7-10-30)21-28-29-22(32-21)18-11-19-17(26-27-18)3-2-8-31(19)12-14-15(23)4-5-16(25)20(14)24/h4-5,11,13H,2-3,6-10,12H2,1H3. The summed E-state index contributed by atoms with van der Waals surface area (Å²) in [4.78, 5) is 4.40. The molecule has 2 aliphatic rings. The minimum Gasteiger partial charge on any atom is -0.419 e. The van der Waals surface area contributed by atoms with Gasteiger partial charge in [-0.15, -0.1) is 15.3 Å². The molecule has 0 aliphatic carbocycles. The van der Waals surface area contributed by atoms with Crippen LogP contribution in [0.15, 0.2) is 22.6 Å². The largest absolute Gasteiger partial charge is 0.419 e. The summed E-state index contributed by atoms with van der Waals surface area (Å²) < 4.78 is 20.0. The zero-order chi connectivity index (χ0) is 22.2. The summed E-state index contributed by atoms with van der Waals surface area (Å²) in [5.74, 6) is 0.806. The predicted molar refractivity (Wildman–Crippen MR) is 121 cm³/mol. The number of rotatable bonds is 4. The highest BCUT2D eigenvalue weighted by atomic mass is 35.5. The Morgan fingerprint density at radius 1 is 1.09 bits per heavy atom. The van der Waals surface area contributed by atoms with E-state index in [4.69, 9.17) is 27.6 Å². The first kappa shape index (κ1) is 21.6. The molecule has 0 unspecified atom stereocenters. The van der Waals surface area contributed by atoms with Crippen LogP contribution in [0.25, 0.3) is 11.6 Å². The van der Waals surface area contributed by atoms with Gasteiger partial charge in [-0.2, -0.15) is 5.10 Å². The van der Waals surface area contributed by atoms with Gasteiger partial charge in [-0.3, -0.25) is 0 Å². The molecular formula is C22H23Cl2FN6O. The van der Waals surface area contributed by atoms with Gasteiger partial charge in [0, 0.05) is 29.6 Å². The molecule has 2 aliphatic heterocycles. The lowest BCUT2D eigenvalue weighted by molar-refractivity contribution is 0.237. The molecule has 0 radical (unpaired) electrons. The summed E-state index contributed by atoms with van der Waals surface area (Å²) in [6.07, 6.45) is 3.72. The number of halogens is 3. The second-order valence-electron chi connectivity index (χ2n) is 8.43. The second-order valence-corrected chi connectivity index (χ2v) is 9.22. The molecule has 0 spiro atoms. The van der Waals surface area contributed by atoms with Crippen LogP contribution >= 0.6 is 23.2 Å². The van der Waals surface area contributed by atoms with Crippen LogP contribution in [0, 0.1) is 5.82 Å². The lowest BCUT2D eigenvalue weighted by Crippen LogP contribution is -2.30. The molecule has 5 rings (SSSR count). The van der Waals surface area contributed by atoms with Crippen molar-refractivity contribution in [3.63, 3.8) is 0 Å². The van der Waals surface area contributed by atoms with E-state index in [1.807, 2.05) is 6.07 Å². The van der Waals surface area contributed by atoms with E-state index in [2.05, 4.69) is 37.2 Å². The fourth-order valence-electron chi connectivity index (χ4n) is 4.35. The molecule has 3 aromatic rings. The highest BCUT2D eigenvalue weighted by molar-refractivity contribution is 6.36. The van der Waals surface area contributed by atoms with Crippen LogP contribution in [0.1, 0.15) is 42.3 Å². The summed E-state index contributed by atoms with van der Waals surface area (Å²) in [5, 5.41) is 17.7. The molecule has 1 saturated heterocycles. The van der Waals surface area contributed by atoms with Crippen molar-refractivity contribution in [3.05, 3.63) is 51.2 Å². The molecule has 0 amide bonds. The lowest BCUT2D eigenvalue weighted by atomic mass is 9.97. The molecule has 32 heavy (non-hydrogen) atoms. The topological polar surface area (TPSA) is 71.2 Å². The van der Waals surface area contributed by atoms with E-state index in [9.17, 15) is 4.39 Å². The zero-order valence-electron chi connectivity index (χ0n) is 17.7. The number of nitrogens with zero attached hydrogens (tertiary/aromatic N) is 6. The average molecular weight is 477 g/mol. The summed E-state index contributed by atoms with van der Waals surface area (Å²) in [6.45, 7) is 3.17. The van der Waals surface area contributed by atoms with Crippen molar-refractivity contribution in [2.75, 3.05) is 31.6 Å². The normalized spacial score (nSPS) is 17.6. The SMILES string of the molecule is CN1CCC(c2nnc(-c3cc4c(nn3)CCCN4Cc3c(Cl)ccc(F)c3Cl)o2)CC1. The Kier molecular flexibility index (Phi) is 6.01. The number of anilines is 1. The summed E-state index contributed by atoms with van der Waals surface area (Å²) in [7, 11) is 2.12. The van der Waals surface area contributed by atoms with Crippen LogP contribution in [-0.4, -0.2) is 52.0 Å². The van der Waals surface area contributed by atoms with Crippen LogP contribution in [0.5, 0.6) is 0 Å². The molecule has 10 heteroatoms. The number of benzene rings is 1. The number of aromatic nitrogens is 4. The van der Waals surface area contributed by atoms with E-state index < -0.39 is 5.82 Å². The molecular weight excluding hydrogens is 454 g/mol. The van der Waals surface area contributed by atoms with Gasteiger partial charge in [0.25, 0.3) is 5.89 Å². The molecule has 0 saturated carbocycles. The zero-order valence-corrected chi connectivity index (χ0v) is 19.2. The van der Waals surface area contributed by atoms with E-state index in [0.29, 0.717) is 34.6 Å². The van der Waals surface area contributed by atoms with Crippen LogP contribution in [0.2, 0.25) is 10.0 Å². The fraction of sp³-hybridized carbons (Fsp3) is 0.455. The van der Waals surface area contributed by atoms with E-state index >= 15 is 0 Å². The quantitative estimate of drug-likeness (QED) is 0.503. The van der Waals surface area contributed by atoms with Crippen molar-refractivity contribution in [2.45, 2.75) is 38.1 Å². The van der Waals surface area contributed by atoms with E-state index in [0.717, 1.165) is 56.7 Å². The van der Waals surface area contributed by atoms with Crippen molar-refractivity contribution < 1.29 is 8.81 Å². The Morgan fingerprint density at radius 3 is 2.72 bits per heavy atom. The second kappa shape index (κ2) is 8.92. The Morgan fingerprint density at radius 2 is 1.91 bits per heavy atom. The first-order valence-corrected chi connectivity index (χ1v) is 11.5. The highest BCUT2D eigenvalue weighted by Crippen LogP contribution is 2.35. The van der Waals surface area contributed by atoms with Gasteiger partial charge in [-0.25, -0.2) is 4.39 Å². The number of likely N-dealkylation sites (tertiary alicyclic amines) is 1. The van der Waals surface area contributed by atoms with Gasteiger partial charge in [0.2, 0.25) is 5.89 Å². The van der Waals surface area contributed by atoms with Crippen molar-refractivity contribution in [3.8, 4) is 11.6 Å². The van der Waals surface area contributed by atoms with E-state index in [-0.39, 0.29) is 10.9 Å². The third-order valence-electron chi connectivity index (χ3n) is 6.25.